The fourth-order valence-electron chi connectivity index (χ4n) is 3.37. The Morgan fingerprint density at radius 3 is 2.26 bits per heavy atom. The van der Waals surface area contributed by atoms with E-state index >= 15 is 0 Å². The number of hydrogen-bond acceptors (Lipinski definition) is 4. The summed E-state index contributed by atoms with van der Waals surface area (Å²) in [5, 5.41) is 11.5. The van der Waals surface area contributed by atoms with Gasteiger partial charge < -0.3 is 9.84 Å². The minimum absolute atomic E-state index is 0.0403. The molecule has 0 unspecified atom stereocenters. The minimum atomic E-state index is -1.09. The van der Waals surface area contributed by atoms with E-state index in [9.17, 15) is 9.59 Å². The molecule has 0 aliphatic heterocycles. The summed E-state index contributed by atoms with van der Waals surface area (Å²) < 4.78 is 5.41. The summed E-state index contributed by atoms with van der Waals surface area (Å²) in [4.78, 5) is 27.1. The number of amides is 1. The van der Waals surface area contributed by atoms with E-state index in [-0.39, 0.29) is 23.9 Å². The number of hydrogen-bond donors (Lipinski definition) is 2. The number of aromatic nitrogens is 1. The van der Waals surface area contributed by atoms with Gasteiger partial charge in [-0.3, -0.25) is 5.32 Å². The highest BCUT2D eigenvalue weighted by Gasteiger charge is 2.29. The fraction of sp³-hybridized carbons (Fsp3) is 0.0952. The first kappa shape index (κ1) is 16.8. The molecule has 2 aromatic carbocycles. The Bertz CT molecular complexity index is 986. The zero-order chi connectivity index (χ0) is 18.8. The zero-order valence-electron chi connectivity index (χ0n) is 14.3. The average molecular weight is 360 g/mol. The van der Waals surface area contributed by atoms with Crippen molar-refractivity contribution in [1.29, 1.82) is 0 Å². The molecule has 0 saturated carbocycles. The summed E-state index contributed by atoms with van der Waals surface area (Å²) in [5.74, 6) is -0.999. The van der Waals surface area contributed by atoms with Crippen LogP contribution in [-0.4, -0.2) is 28.8 Å². The second-order valence-corrected chi connectivity index (χ2v) is 6.19. The molecule has 0 bridgehead atoms. The minimum Gasteiger partial charge on any atom is -0.478 e. The molecule has 1 heterocycles. The molecule has 0 spiro atoms. The van der Waals surface area contributed by atoms with Gasteiger partial charge in [-0.15, -0.1) is 0 Å². The van der Waals surface area contributed by atoms with Gasteiger partial charge in [-0.1, -0.05) is 48.5 Å². The van der Waals surface area contributed by atoms with Crippen LogP contribution < -0.4 is 5.32 Å². The number of benzene rings is 2. The molecule has 1 aromatic heterocycles. The van der Waals surface area contributed by atoms with E-state index in [4.69, 9.17) is 9.84 Å². The van der Waals surface area contributed by atoms with Crippen LogP contribution in [0.15, 0.2) is 66.9 Å². The van der Waals surface area contributed by atoms with Crippen LogP contribution in [0.25, 0.3) is 11.1 Å². The normalized spacial score (nSPS) is 12.1. The molecule has 2 N–H and O–H groups in total. The molecular weight excluding hydrogens is 344 g/mol. The number of carbonyl (C=O) groups excluding carboxylic acids is 1. The SMILES string of the molecule is O=C(Nc1cc(C(=O)O)ccn1)OCC1c2ccccc2-c2ccccc21. The molecule has 3 aromatic rings. The third-order valence-electron chi connectivity index (χ3n) is 4.58. The van der Waals surface area contributed by atoms with Crippen molar-refractivity contribution in [2.24, 2.45) is 0 Å². The molecule has 1 amide bonds. The monoisotopic (exact) mass is 360 g/mol. The molecule has 0 radical (unpaired) electrons. The Kier molecular flexibility index (Phi) is 4.30. The molecule has 134 valence electrons. The number of ether oxygens (including phenoxy) is 1. The van der Waals surface area contributed by atoms with Crippen LogP contribution in [0.1, 0.15) is 27.4 Å². The number of nitrogens with one attached hydrogen (secondary N) is 1. The quantitative estimate of drug-likeness (QED) is 0.730. The molecule has 4 rings (SSSR count). The first-order valence-electron chi connectivity index (χ1n) is 8.45. The number of fused-ring (bicyclic) bond motifs is 3. The van der Waals surface area contributed by atoms with E-state index < -0.39 is 12.1 Å². The van der Waals surface area contributed by atoms with Crippen LogP contribution in [0.5, 0.6) is 0 Å². The van der Waals surface area contributed by atoms with Gasteiger partial charge in [-0.25, -0.2) is 14.6 Å². The standard InChI is InChI=1S/C21H16N2O4/c24-20(25)13-9-10-22-19(11-13)23-21(26)27-12-18-16-7-3-1-5-14(16)15-6-2-4-8-17(15)18/h1-11,18H,12H2,(H,24,25)(H,22,23,26). The Morgan fingerprint density at radius 1 is 1.00 bits per heavy atom. The fourth-order valence-corrected chi connectivity index (χ4v) is 3.37. The second-order valence-electron chi connectivity index (χ2n) is 6.19. The largest absolute Gasteiger partial charge is 0.478 e. The maximum Gasteiger partial charge on any atom is 0.412 e. The lowest BCUT2D eigenvalue weighted by molar-refractivity contribution is 0.0696. The third kappa shape index (κ3) is 3.25. The van der Waals surface area contributed by atoms with Gasteiger partial charge in [0.05, 0.1) is 5.56 Å². The highest BCUT2D eigenvalue weighted by Crippen LogP contribution is 2.44. The predicted molar refractivity (Wildman–Crippen MR) is 99.9 cm³/mol. The lowest BCUT2D eigenvalue weighted by atomic mass is 9.98. The van der Waals surface area contributed by atoms with Crippen LogP contribution in [0, 0.1) is 0 Å². The van der Waals surface area contributed by atoms with Crippen molar-refractivity contribution in [1.82, 2.24) is 4.98 Å². The summed E-state index contributed by atoms with van der Waals surface area (Å²) in [7, 11) is 0. The summed E-state index contributed by atoms with van der Waals surface area (Å²) >= 11 is 0. The first-order valence-corrected chi connectivity index (χ1v) is 8.45. The van der Waals surface area contributed by atoms with Crippen molar-refractivity contribution in [2.45, 2.75) is 5.92 Å². The molecule has 0 atom stereocenters. The lowest BCUT2D eigenvalue weighted by Crippen LogP contribution is -2.18. The number of anilines is 1. The highest BCUT2D eigenvalue weighted by atomic mass is 16.5. The van der Waals surface area contributed by atoms with Crippen molar-refractivity contribution in [3.05, 3.63) is 83.6 Å². The number of rotatable bonds is 4. The zero-order valence-corrected chi connectivity index (χ0v) is 14.3. The molecule has 0 saturated heterocycles. The topological polar surface area (TPSA) is 88.5 Å². The van der Waals surface area contributed by atoms with Gasteiger partial charge in [0, 0.05) is 12.1 Å². The molecule has 1 aliphatic carbocycles. The summed E-state index contributed by atoms with van der Waals surface area (Å²) in [6, 6.07) is 18.8. The van der Waals surface area contributed by atoms with E-state index in [1.807, 2.05) is 36.4 Å². The van der Waals surface area contributed by atoms with Crippen LogP contribution in [0.2, 0.25) is 0 Å². The van der Waals surface area contributed by atoms with E-state index in [2.05, 4.69) is 22.4 Å². The number of carbonyl (C=O) groups is 2. The molecule has 6 nitrogen and oxygen atoms in total. The van der Waals surface area contributed by atoms with Gasteiger partial charge in [-0.05, 0) is 34.4 Å². The van der Waals surface area contributed by atoms with Gasteiger partial charge in [0.15, 0.2) is 0 Å². The Labute approximate surface area is 155 Å². The molecular formula is C21H16N2O4. The van der Waals surface area contributed by atoms with Gasteiger partial charge in [-0.2, -0.15) is 0 Å². The Hall–Kier alpha value is -3.67. The predicted octanol–water partition coefficient (Wildman–Crippen LogP) is 4.14. The maximum atomic E-state index is 12.2. The van der Waals surface area contributed by atoms with Gasteiger partial charge >= 0.3 is 12.1 Å². The number of carboxylic acids is 1. The van der Waals surface area contributed by atoms with Crippen LogP contribution in [-0.2, 0) is 4.74 Å². The van der Waals surface area contributed by atoms with E-state index in [1.54, 1.807) is 0 Å². The molecule has 1 aliphatic rings. The number of pyridine rings is 1. The van der Waals surface area contributed by atoms with Crippen molar-refractivity contribution in [3.63, 3.8) is 0 Å². The first-order chi connectivity index (χ1) is 13.1. The van der Waals surface area contributed by atoms with Crippen LogP contribution in [0.4, 0.5) is 10.6 Å². The molecule has 27 heavy (non-hydrogen) atoms. The van der Waals surface area contributed by atoms with E-state index in [0.29, 0.717) is 0 Å². The van der Waals surface area contributed by atoms with Crippen molar-refractivity contribution in [2.75, 3.05) is 11.9 Å². The van der Waals surface area contributed by atoms with Crippen molar-refractivity contribution < 1.29 is 19.4 Å². The smallest absolute Gasteiger partial charge is 0.412 e. The Balaban J connectivity index is 1.48. The lowest BCUT2D eigenvalue weighted by Gasteiger charge is -2.14. The van der Waals surface area contributed by atoms with Crippen molar-refractivity contribution >= 4 is 17.9 Å². The van der Waals surface area contributed by atoms with E-state index in [0.717, 1.165) is 22.3 Å². The summed E-state index contributed by atoms with van der Waals surface area (Å²) in [5.41, 5.74) is 4.59. The van der Waals surface area contributed by atoms with Gasteiger partial charge in [0.2, 0.25) is 0 Å². The van der Waals surface area contributed by atoms with Gasteiger partial charge in [0.25, 0.3) is 0 Å². The second kappa shape index (κ2) is 6.92. The highest BCUT2D eigenvalue weighted by molar-refractivity contribution is 5.90. The number of carboxylic acid groups (broad SMARTS) is 1. The van der Waals surface area contributed by atoms with E-state index in [1.165, 1.54) is 18.3 Å². The number of aromatic carboxylic acids is 1. The van der Waals surface area contributed by atoms with Crippen LogP contribution in [0.3, 0.4) is 0 Å². The molecule has 6 heteroatoms. The average Bonchev–Trinajstić information content (AvgIpc) is 3.00. The van der Waals surface area contributed by atoms with Crippen LogP contribution >= 0.6 is 0 Å². The summed E-state index contributed by atoms with van der Waals surface area (Å²) in [6.07, 6.45) is 0.648. The van der Waals surface area contributed by atoms with Crippen molar-refractivity contribution in [3.8, 4) is 11.1 Å². The molecule has 0 fully saturated rings. The third-order valence-corrected chi connectivity index (χ3v) is 4.58. The Morgan fingerprint density at radius 2 is 1.63 bits per heavy atom. The number of nitrogens with zero attached hydrogens (tertiary/aromatic N) is 1. The van der Waals surface area contributed by atoms with Gasteiger partial charge in [0.1, 0.15) is 12.4 Å². The summed E-state index contributed by atoms with van der Waals surface area (Å²) in [6.45, 7) is 0.179. The maximum absolute atomic E-state index is 12.2.